The maximum atomic E-state index is 9.47. The average molecular weight is 265 g/mol. The smallest absolute Gasteiger partial charge is 0.549 e. The third-order valence-corrected chi connectivity index (χ3v) is 1.43. The minimum Gasteiger partial charge on any atom is -0.549 e. The van der Waals surface area contributed by atoms with Gasteiger partial charge in [-0.05, 0) is 19.1 Å². The van der Waals surface area contributed by atoms with Crippen LogP contribution in [0.2, 0.25) is 0 Å². The Morgan fingerprint density at radius 2 is 2.00 bits per heavy atom. The number of para-hydroxylation sites is 1. The van der Waals surface area contributed by atoms with Gasteiger partial charge in [-0.15, -0.1) is 0 Å². The number of aliphatic hydroxyl groups is 2. The molecule has 0 radical (unpaired) electrons. The first-order valence-electron chi connectivity index (χ1n) is 4.97. The van der Waals surface area contributed by atoms with Crippen molar-refractivity contribution in [2.24, 2.45) is 0 Å². The molecule has 7 heteroatoms. The van der Waals surface area contributed by atoms with Crippen LogP contribution >= 0.6 is 0 Å². The second kappa shape index (κ2) is 12.8. The van der Waals surface area contributed by atoms with Crippen molar-refractivity contribution in [3.05, 3.63) is 30.3 Å². The molecule has 1 aromatic rings. The van der Waals surface area contributed by atoms with E-state index in [0.717, 1.165) is 0 Å². The number of rotatable bonds is 5. The van der Waals surface area contributed by atoms with Crippen molar-refractivity contribution in [3.8, 4) is 5.75 Å². The molecule has 0 bridgehead atoms. The Bertz CT molecular complexity index is 308. The average Bonchev–Trinajstić information content (AvgIpc) is 2.27. The summed E-state index contributed by atoms with van der Waals surface area (Å²) in [4.78, 5) is 9.47. The van der Waals surface area contributed by atoms with Gasteiger partial charge in [-0.2, -0.15) is 0 Å². The number of hydrogen-bond acceptors (Lipinski definition) is 6. The number of aliphatic carboxylic acids is 1. The molecule has 0 aromatic heterocycles. The molecule has 1 atom stereocenters. The van der Waals surface area contributed by atoms with Crippen LogP contribution in [0.25, 0.3) is 0 Å². The van der Waals surface area contributed by atoms with Crippen molar-refractivity contribution in [3.63, 3.8) is 0 Å². The van der Waals surface area contributed by atoms with Crippen LogP contribution < -0.4 is 44.7 Å². The molecule has 6 nitrogen and oxygen atoms in total. The van der Waals surface area contributed by atoms with E-state index >= 15 is 0 Å². The number of carboxylic acid groups (broad SMARTS) is 1. The number of benzene rings is 1. The minimum atomic E-state index is -1.21. The molecule has 0 fully saturated rings. The largest absolute Gasteiger partial charge is 1.00 e. The number of nitrogens with one attached hydrogen (secondary N) is 1. The van der Waals surface area contributed by atoms with Gasteiger partial charge >= 0.3 is 29.6 Å². The predicted octanol–water partition coefficient (Wildman–Crippen LogP) is -4.32. The second-order valence-electron chi connectivity index (χ2n) is 2.99. The Labute approximate surface area is 128 Å². The van der Waals surface area contributed by atoms with E-state index in [1.165, 1.54) is 0 Å². The van der Waals surface area contributed by atoms with Crippen LogP contribution in [0.1, 0.15) is 6.92 Å². The molecule has 0 aliphatic rings. The third-order valence-electron chi connectivity index (χ3n) is 1.43. The molecule has 18 heavy (non-hydrogen) atoms. The van der Waals surface area contributed by atoms with E-state index in [0.29, 0.717) is 5.75 Å². The molecule has 0 saturated carbocycles. The molecule has 1 rings (SSSR count). The Morgan fingerprint density at radius 3 is 2.33 bits per heavy atom. The Hall–Kier alpha value is -0.630. The molecule has 0 aliphatic carbocycles. The van der Waals surface area contributed by atoms with Crippen LogP contribution in [0.4, 0.5) is 0 Å². The number of aliphatic hydroxyl groups excluding tert-OH is 2. The van der Waals surface area contributed by atoms with E-state index in [9.17, 15) is 9.90 Å². The summed E-state index contributed by atoms with van der Waals surface area (Å²) >= 11 is 0. The molecule has 1 unspecified atom stereocenters. The monoisotopic (exact) mass is 265 g/mol. The number of ether oxygens (including phenoxy) is 1. The fourth-order valence-electron chi connectivity index (χ4n) is 0.854. The minimum absolute atomic E-state index is 0. The van der Waals surface area contributed by atoms with E-state index in [1.807, 2.05) is 18.2 Å². The van der Waals surface area contributed by atoms with Gasteiger partial charge in [0.05, 0.1) is 12.7 Å². The van der Waals surface area contributed by atoms with Crippen molar-refractivity contribution in [1.82, 2.24) is 5.32 Å². The van der Waals surface area contributed by atoms with Gasteiger partial charge in [0.15, 0.2) is 6.29 Å². The van der Waals surface area contributed by atoms with E-state index < -0.39 is 12.3 Å². The fourth-order valence-corrected chi connectivity index (χ4v) is 0.854. The van der Waals surface area contributed by atoms with E-state index in [1.54, 1.807) is 19.1 Å². The van der Waals surface area contributed by atoms with Crippen molar-refractivity contribution in [2.75, 3.05) is 13.3 Å². The van der Waals surface area contributed by atoms with E-state index in [4.69, 9.17) is 14.9 Å². The summed E-state index contributed by atoms with van der Waals surface area (Å²) in [5.74, 6) is -0.522. The Balaban J connectivity index is 0. The van der Waals surface area contributed by atoms with Crippen molar-refractivity contribution in [1.29, 1.82) is 0 Å². The van der Waals surface area contributed by atoms with E-state index in [-0.39, 0.29) is 42.8 Å². The molecule has 0 spiro atoms. The van der Waals surface area contributed by atoms with Gasteiger partial charge in [0.25, 0.3) is 0 Å². The topological polar surface area (TPSA) is 102 Å². The van der Waals surface area contributed by atoms with Crippen LogP contribution in [0.15, 0.2) is 30.3 Å². The van der Waals surface area contributed by atoms with Crippen LogP contribution in [-0.2, 0) is 4.79 Å². The summed E-state index contributed by atoms with van der Waals surface area (Å²) < 4.78 is 4.97. The van der Waals surface area contributed by atoms with E-state index in [2.05, 4.69) is 5.32 Å². The Morgan fingerprint density at radius 1 is 1.44 bits per heavy atom. The first-order valence-corrected chi connectivity index (χ1v) is 4.97. The number of carboxylic acids is 1. The molecule has 0 heterocycles. The molecular formula is C11H16NNaO5. The number of carbonyl (C=O) groups is 1. The molecule has 0 amide bonds. The van der Waals surface area contributed by atoms with Crippen molar-refractivity contribution >= 4 is 5.97 Å². The van der Waals surface area contributed by atoms with Gasteiger partial charge in [0.2, 0.25) is 0 Å². The first kappa shape index (κ1) is 19.7. The zero-order valence-corrected chi connectivity index (χ0v) is 12.5. The fraction of sp³-hybridized carbons (Fsp3) is 0.364. The van der Waals surface area contributed by atoms with Gasteiger partial charge < -0.3 is 24.9 Å². The van der Waals surface area contributed by atoms with Crippen molar-refractivity contribution < 1.29 is 54.4 Å². The summed E-state index contributed by atoms with van der Waals surface area (Å²) in [5.41, 5.74) is 0. The Kier molecular flexibility index (Phi) is 14.0. The van der Waals surface area contributed by atoms with Gasteiger partial charge in [0.1, 0.15) is 5.75 Å². The summed E-state index contributed by atoms with van der Waals surface area (Å²) in [6.07, 6.45) is -0.734. The SMILES string of the molecule is CC(O)Oc1ccccc1.O=C([O-])CNCO.[Na+]. The zero-order valence-electron chi connectivity index (χ0n) is 10.5. The summed E-state index contributed by atoms with van der Waals surface area (Å²) in [6.45, 7) is 0.956. The van der Waals surface area contributed by atoms with Crippen LogP contribution in [0.3, 0.4) is 0 Å². The molecule has 1 aromatic carbocycles. The second-order valence-corrected chi connectivity index (χ2v) is 2.99. The zero-order chi connectivity index (χ0) is 13.1. The molecule has 0 saturated heterocycles. The summed E-state index contributed by atoms with van der Waals surface area (Å²) in [7, 11) is 0. The maximum Gasteiger partial charge on any atom is 1.00 e. The molecule has 0 aliphatic heterocycles. The van der Waals surface area contributed by atoms with Crippen LogP contribution in [-0.4, -0.2) is 35.7 Å². The quantitative estimate of drug-likeness (QED) is 0.368. The normalized spacial score (nSPS) is 10.4. The summed E-state index contributed by atoms with van der Waals surface area (Å²) in [5, 5.41) is 28.3. The predicted molar refractivity (Wildman–Crippen MR) is 58.8 cm³/mol. The molecule has 3 N–H and O–H groups in total. The van der Waals surface area contributed by atoms with Crippen molar-refractivity contribution in [2.45, 2.75) is 13.2 Å². The number of carbonyl (C=O) groups excluding carboxylic acids is 1. The van der Waals surface area contributed by atoms with Crippen LogP contribution in [0.5, 0.6) is 5.75 Å². The maximum absolute atomic E-state index is 9.47. The van der Waals surface area contributed by atoms with Crippen LogP contribution in [0, 0.1) is 0 Å². The van der Waals surface area contributed by atoms with Gasteiger partial charge in [-0.3, -0.25) is 5.32 Å². The first-order chi connectivity index (χ1) is 8.06. The van der Waals surface area contributed by atoms with Gasteiger partial charge in [-0.1, -0.05) is 18.2 Å². The summed E-state index contributed by atoms with van der Waals surface area (Å²) in [6, 6.07) is 9.21. The standard InChI is InChI=1S/C8H10O2.C3H7NO3.Na/c1-7(9)10-8-5-3-2-4-6-8;5-2-4-1-3(6)7;/h2-7,9H,1H3;4-5H,1-2H2,(H,6,7);/q;;+1/p-1. The van der Waals surface area contributed by atoms with Gasteiger partial charge in [-0.25, -0.2) is 0 Å². The number of hydrogen-bond donors (Lipinski definition) is 3. The molecule has 96 valence electrons. The van der Waals surface area contributed by atoms with Gasteiger partial charge in [0, 0.05) is 6.54 Å². The molecular weight excluding hydrogens is 249 g/mol. The third kappa shape index (κ3) is 13.4.